The number of aromatic nitrogens is 3. The van der Waals surface area contributed by atoms with Crippen LogP contribution in [-0.2, 0) is 43.9 Å². The molecule has 68 heavy (non-hydrogen) atoms. The summed E-state index contributed by atoms with van der Waals surface area (Å²) < 4.78 is 99.8. The predicted octanol–water partition coefficient (Wildman–Crippen LogP) is 8.18. The van der Waals surface area contributed by atoms with Gasteiger partial charge in [0.1, 0.15) is 22.1 Å². The fourth-order valence-electron chi connectivity index (χ4n) is 6.39. The van der Waals surface area contributed by atoms with E-state index in [2.05, 4.69) is 60.6 Å². The van der Waals surface area contributed by atoms with Gasteiger partial charge < -0.3 is 26.2 Å². The Morgan fingerprint density at radius 3 is 2.07 bits per heavy atom. The van der Waals surface area contributed by atoms with Crippen LogP contribution in [0, 0.1) is 6.92 Å². The molecule has 7 aromatic rings. The summed E-state index contributed by atoms with van der Waals surface area (Å²) in [5.41, 5.74) is 0.454. The fraction of sp³-hybridized carbons (Fsp3) is 0.125. The van der Waals surface area contributed by atoms with Crippen molar-refractivity contribution in [1.29, 1.82) is 0 Å². The number of phenolic OH excluding ortho intramolecular Hbond substituents is 1. The molecule has 1 aromatic heterocycles. The SMILES string of the molecule is Cc1nc(Nc2cc(NCCO)c(S(=O)(=O)O)cc2N=Nc2ccc(S(=O)(=O)CCOS(=O)(=O)O)cc2)nc(Nc2cccc3cc(SOOO)c(N=Nc4ccc5ccccc5c4)c(O)c23)n1. The third-order valence-corrected chi connectivity index (χ3v) is 13.0. The number of rotatable bonds is 20. The standard InChI is InChI=1S/C40H36N10O14S4/c1-23-42-39(44-30-8-4-7-26-20-34(65-64-63-53)37(38(52)36(26)30)50-48-28-10-9-24-5-2-3-6-25(24)19-28)46-40(43-23)45-31-21-33(41-15-16-51)35(67(56,57)58)22-32(31)49-47-27-11-13-29(14-12-27)66(54,55)18-17-62-68(59,60)61/h2-14,19-22,41,51-53H,15-18H2,1H3,(H,56,57,58)(H,59,60,61)(H2,42,43,44,45,46). The number of hydrogen-bond acceptors (Lipinski definition) is 23. The smallest absolute Gasteiger partial charge is 0.397 e. The largest absolute Gasteiger partial charge is 0.505 e. The molecule has 0 aliphatic carbocycles. The van der Waals surface area contributed by atoms with Crippen molar-refractivity contribution in [1.82, 2.24) is 15.0 Å². The molecule has 0 fully saturated rings. The zero-order chi connectivity index (χ0) is 48.6. The van der Waals surface area contributed by atoms with Gasteiger partial charge in [0.25, 0.3) is 10.1 Å². The molecule has 0 saturated heterocycles. The highest BCUT2D eigenvalue weighted by Gasteiger charge is 2.22. The topological polar surface area (TPSA) is 355 Å². The number of benzene rings is 6. The molecular weight excluding hydrogens is 973 g/mol. The van der Waals surface area contributed by atoms with Gasteiger partial charge in [-0.2, -0.15) is 42.0 Å². The molecule has 0 aliphatic rings. The Hall–Kier alpha value is -6.83. The van der Waals surface area contributed by atoms with Crippen molar-refractivity contribution < 1.29 is 63.4 Å². The van der Waals surface area contributed by atoms with E-state index in [1.54, 1.807) is 37.3 Å². The van der Waals surface area contributed by atoms with Crippen LogP contribution in [0.1, 0.15) is 5.82 Å². The molecule has 24 nitrogen and oxygen atoms in total. The molecule has 1 heterocycles. The fourth-order valence-corrected chi connectivity index (χ4v) is 9.04. The monoisotopic (exact) mass is 1010 g/mol. The maximum Gasteiger partial charge on any atom is 0.397 e. The highest BCUT2D eigenvalue weighted by atomic mass is 32.3. The number of azo groups is 2. The average Bonchev–Trinajstić information content (AvgIpc) is 3.28. The van der Waals surface area contributed by atoms with Gasteiger partial charge in [0.2, 0.25) is 11.9 Å². The number of aryl methyl sites for hydroxylation is 1. The molecule has 0 saturated carbocycles. The first-order valence-electron chi connectivity index (χ1n) is 19.4. The van der Waals surface area contributed by atoms with Gasteiger partial charge in [0.15, 0.2) is 15.6 Å². The molecule has 0 spiro atoms. The van der Waals surface area contributed by atoms with E-state index in [0.29, 0.717) is 28.8 Å². The van der Waals surface area contributed by atoms with Gasteiger partial charge >= 0.3 is 10.4 Å². The summed E-state index contributed by atoms with van der Waals surface area (Å²) in [5, 5.41) is 62.3. The number of aliphatic hydroxyl groups excluding tert-OH is 1. The first kappa shape index (κ1) is 49.1. The molecule has 0 radical (unpaired) electrons. The Labute approximate surface area is 390 Å². The van der Waals surface area contributed by atoms with Gasteiger partial charge in [-0.3, -0.25) is 9.11 Å². The number of sulfone groups is 1. The third kappa shape index (κ3) is 12.4. The number of phenols is 1. The Kier molecular flexibility index (Phi) is 15.2. The zero-order valence-corrected chi connectivity index (χ0v) is 38.1. The molecule has 0 amide bonds. The molecule has 8 N–H and O–H groups in total. The van der Waals surface area contributed by atoms with E-state index in [4.69, 9.17) is 14.1 Å². The maximum atomic E-state index is 12.7. The van der Waals surface area contributed by atoms with Crippen molar-refractivity contribution in [2.75, 3.05) is 41.5 Å². The van der Waals surface area contributed by atoms with Crippen LogP contribution < -0.4 is 16.0 Å². The summed E-state index contributed by atoms with van der Waals surface area (Å²) in [4.78, 5) is 12.6. The van der Waals surface area contributed by atoms with Crippen LogP contribution in [0.2, 0.25) is 0 Å². The van der Waals surface area contributed by atoms with Crippen LogP contribution in [0.25, 0.3) is 21.5 Å². The molecular formula is C40H36N10O14S4. The van der Waals surface area contributed by atoms with Crippen molar-refractivity contribution in [3.8, 4) is 5.75 Å². The van der Waals surface area contributed by atoms with Crippen molar-refractivity contribution in [3.63, 3.8) is 0 Å². The number of aliphatic hydroxyl groups is 1. The van der Waals surface area contributed by atoms with Crippen LogP contribution in [0.15, 0.2) is 138 Å². The second-order valence-corrected chi connectivity index (χ2v) is 19.3. The number of nitrogens with one attached hydrogen (secondary N) is 3. The van der Waals surface area contributed by atoms with Gasteiger partial charge in [-0.25, -0.2) is 17.9 Å². The molecule has 0 atom stereocenters. The summed E-state index contributed by atoms with van der Waals surface area (Å²) in [7, 11) is -13.9. The normalized spacial score (nSPS) is 12.4. The predicted molar refractivity (Wildman–Crippen MR) is 248 cm³/mol. The molecule has 28 heteroatoms. The van der Waals surface area contributed by atoms with Crippen molar-refractivity contribution in [2.24, 2.45) is 20.5 Å². The summed E-state index contributed by atoms with van der Waals surface area (Å²) >= 11 is 0.569. The minimum atomic E-state index is -4.92. The van der Waals surface area contributed by atoms with E-state index in [1.807, 2.05) is 36.4 Å². The third-order valence-electron chi connectivity index (χ3n) is 9.33. The van der Waals surface area contributed by atoms with Crippen LogP contribution >= 0.6 is 12.0 Å². The second-order valence-electron chi connectivity index (χ2n) is 14.0. The molecule has 0 aliphatic heterocycles. The highest BCUT2D eigenvalue weighted by molar-refractivity contribution is 7.94. The molecule has 0 bridgehead atoms. The lowest BCUT2D eigenvalue weighted by Gasteiger charge is -2.16. The highest BCUT2D eigenvalue weighted by Crippen LogP contribution is 2.47. The van der Waals surface area contributed by atoms with E-state index in [9.17, 15) is 40.0 Å². The van der Waals surface area contributed by atoms with Gasteiger partial charge in [-0.1, -0.05) is 47.5 Å². The number of hydrogen-bond donors (Lipinski definition) is 8. The summed E-state index contributed by atoms with van der Waals surface area (Å²) in [5.74, 6) is -1.12. The molecule has 7 rings (SSSR count). The Balaban J connectivity index is 1.22. The lowest BCUT2D eigenvalue weighted by Crippen LogP contribution is -2.15. The number of aromatic hydroxyl groups is 1. The summed E-state index contributed by atoms with van der Waals surface area (Å²) in [6.45, 7) is 0.161. The molecule has 0 unspecified atom stereocenters. The van der Waals surface area contributed by atoms with E-state index in [1.165, 1.54) is 18.2 Å². The van der Waals surface area contributed by atoms with Crippen molar-refractivity contribution in [2.45, 2.75) is 21.6 Å². The first-order valence-corrected chi connectivity index (χ1v) is 24.6. The van der Waals surface area contributed by atoms with Gasteiger partial charge in [-0.05, 0) is 83.7 Å². The van der Waals surface area contributed by atoms with Crippen LogP contribution in [-0.4, -0.2) is 90.3 Å². The Morgan fingerprint density at radius 1 is 0.706 bits per heavy atom. The summed E-state index contributed by atoms with van der Waals surface area (Å²) in [6.07, 6.45) is 0. The number of fused-ring (bicyclic) bond motifs is 2. The van der Waals surface area contributed by atoms with Gasteiger partial charge in [0, 0.05) is 11.9 Å². The maximum absolute atomic E-state index is 12.7. The van der Waals surface area contributed by atoms with Crippen LogP contribution in [0.5, 0.6) is 5.75 Å². The van der Waals surface area contributed by atoms with E-state index < -0.39 is 54.2 Å². The van der Waals surface area contributed by atoms with E-state index in [0.717, 1.165) is 29.0 Å². The van der Waals surface area contributed by atoms with Gasteiger partial charge in [0.05, 0.1) is 69.2 Å². The number of anilines is 5. The Bertz CT molecular complexity index is 3420. The second kappa shape index (κ2) is 21.0. The van der Waals surface area contributed by atoms with Gasteiger partial charge in [-0.15, -0.1) is 14.6 Å². The minimum Gasteiger partial charge on any atom is -0.505 e. The lowest BCUT2D eigenvalue weighted by molar-refractivity contribution is -0.432. The average molecular weight is 1010 g/mol. The van der Waals surface area contributed by atoms with Crippen LogP contribution in [0.4, 0.5) is 51.7 Å². The Morgan fingerprint density at radius 2 is 1.38 bits per heavy atom. The zero-order valence-electron chi connectivity index (χ0n) is 34.8. The van der Waals surface area contributed by atoms with Crippen molar-refractivity contribution in [3.05, 3.63) is 109 Å². The van der Waals surface area contributed by atoms with Crippen molar-refractivity contribution >= 4 is 116 Å². The van der Waals surface area contributed by atoms with Crippen LogP contribution in [0.3, 0.4) is 0 Å². The van der Waals surface area contributed by atoms with E-state index >= 15 is 0 Å². The molecule has 354 valence electrons. The number of nitrogens with zero attached hydrogens (tertiary/aromatic N) is 7. The lowest BCUT2D eigenvalue weighted by atomic mass is 10.1. The first-order chi connectivity index (χ1) is 32.4. The summed E-state index contributed by atoms with van der Waals surface area (Å²) in [6, 6.07) is 26.7. The quantitative estimate of drug-likeness (QED) is 0.0117. The minimum absolute atomic E-state index is 0.0134. The van der Waals surface area contributed by atoms with E-state index in [-0.39, 0.29) is 73.6 Å². The molecule has 6 aromatic carbocycles.